The van der Waals surface area contributed by atoms with Crippen molar-refractivity contribution in [2.24, 2.45) is 0 Å². The van der Waals surface area contributed by atoms with Crippen molar-refractivity contribution in [3.05, 3.63) is 29.8 Å². The third kappa shape index (κ3) is 4.67. The first-order chi connectivity index (χ1) is 8.49. The highest BCUT2D eigenvalue weighted by Gasteiger charge is 2.25. The second-order valence-electron chi connectivity index (χ2n) is 5.19. The van der Waals surface area contributed by atoms with Crippen LogP contribution in [0, 0.1) is 6.92 Å². The van der Waals surface area contributed by atoms with Crippen molar-refractivity contribution in [3.8, 4) is 5.75 Å². The van der Waals surface area contributed by atoms with Crippen LogP contribution in [0.3, 0.4) is 0 Å². The maximum atomic E-state index is 9.45. The molecule has 0 radical (unpaired) electrons. The predicted molar refractivity (Wildman–Crippen MR) is 75.1 cm³/mol. The van der Waals surface area contributed by atoms with E-state index in [0.29, 0.717) is 0 Å². The molecule has 0 amide bonds. The van der Waals surface area contributed by atoms with Crippen LogP contribution in [0.25, 0.3) is 0 Å². The number of aryl methyl sites for hydroxylation is 1. The quantitative estimate of drug-likeness (QED) is 0.782. The molecule has 0 fully saturated rings. The molecule has 2 atom stereocenters. The van der Waals surface area contributed by atoms with E-state index in [1.807, 2.05) is 45.0 Å². The van der Waals surface area contributed by atoms with Crippen molar-refractivity contribution in [3.63, 3.8) is 0 Å². The van der Waals surface area contributed by atoms with Crippen molar-refractivity contribution in [2.75, 3.05) is 13.2 Å². The lowest BCUT2D eigenvalue weighted by molar-refractivity contribution is 0.111. The average molecular weight is 251 g/mol. The normalized spacial score (nSPS) is 16.1. The maximum Gasteiger partial charge on any atom is 0.119 e. The van der Waals surface area contributed by atoms with E-state index in [2.05, 4.69) is 12.2 Å². The van der Waals surface area contributed by atoms with Gasteiger partial charge < -0.3 is 15.2 Å². The summed E-state index contributed by atoms with van der Waals surface area (Å²) in [5.74, 6) is 0.880. The van der Waals surface area contributed by atoms with Gasteiger partial charge in [-0.1, -0.05) is 24.6 Å². The lowest BCUT2D eigenvalue weighted by Gasteiger charge is -2.31. The first-order valence-corrected chi connectivity index (χ1v) is 6.58. The summed E-state index contributed by atoms with van der Waals surface area (Å²) in [5.41, 5.74) is 0.946. The molecule has 3 nitrogen and oxygen atoms in total. The number of rotatable bonds is 7. The molecule has 3 heteroatoms. The van der Waals surface area contributed by atoms with Gasteiger partial charge in [0.05, 0.1) is 12.7 Å². The van der Waals surface area contributed by atoms with Gasteiger partial charge in [-0.05, 0) is 39.4 Å². The molecule has 0 aliphatic rings. The molecule has 2 N–H and O–H groups in total. The summed E-state index contributed by atoms with van der Waals surface area (Å²) in [6.45, 7) is 9.11. The highest BCUT2D eigenvalue weighted by atomic mass is 16.5. The summed E-state index contributed by atoms with van der Waals surface area (Å²) < 4.78 is 5.86. The van der Waals surface area contributed by atoms with Crippen molar-refractivity contribution < 1.29 is 9.84 Å². The van der Waals surface area contributed by atoms with E-state index in [4.69, 9.17) is 4.74 Å². The number of aliphatic hydroxyl groups excluding tert-OH is 1. The van der Waals surface area contributed by atoms with Crippen LogP contribution in [0.5, 0.6) is 5.75 Å². The second kappa shape index (κ2) is 6.76. The van der Waals surface area contributed by atoms with Crippen molar-refractivity contribution in [1.29, 1.82) is 0 Å². The fourth-order valence-electron chi connectivity index (χ4n) is 2.14. The van der Waals surface area contributed by atoms with Gasteiger partial charge in [0.25, 0.3) is 0 Å². The van der Waals surface area contributed by atoms with E-state index < -0.39 is 0 Å². The Kier molecular flexibility index (Phi) is 5.63. The Morgan fingerprint density at radius 3 is 2.44 bits per heavy atom. The minimum absolute atomic E-state index is 0.0592. The van der Waals surface area contributed by atoms with Crippen LogP contribution in [-0.4, -0.2) is 29.9 Å². The minimum Gasteiger partial charge on any atom is -0.491 e. The van der Waals surface area contributed by atoms with Gasteiger partial charge in [-0.15, -0.1) is 0 Å². The van der Waals surface area contributed by atoms with Crippen molar-refractivity contribution in [1.82, 2.24) is 5.32 Å². The number of likely N-dealkylation sites (N-methyl/N-ethyl adjacent to an activating group) is 1. The highest BCUT2D eigenvalue weighted by Crippen LogP contribution is 2.18. The maximum absolute atomic E-state index is 9.45. The minimum atomic E-state index is -0.279. The molecular weight excluding hydrogens is 226 g/mol. The third-order valence-electron chi connectivity index (χ3n) is 3.05. The largest absolute Gasteiger partial charge is 0.491 e. The molecule has 0 bridgehead atoms. The number of ether oxygens (including phenoxy) is 1. The Labute approximate surface area is 110 Å². The fourth-order valence-corrected chi connectivity index (χ4v) is 2.14. The molecule has 1 aromatic rings. The second-order valence-corrected chi connectivity index (χ2v) is 5.19. The summed E-state index contributed by atoms with van der Waals surface area (Å²) in [4.78, 5) is 0. The van der Waals surface area contributed by atoms with E-state index in [1.54, 1.807) is 0 Å². The van der Waals surface area contributed by atoms with Gasteiger partial charge in [-0.2, -0.15) is 0 Å². The molecule has 18 heavy (non-hydrogen) atoms. The molecule has 0 heterocycles. The number of aliphatic hydroxyl groups is 1. The van der Waals surface area contributed by atoms with Crippen LogP contribution in [0.1, 0.15) is 32.8 Å². The highest BCUT2D eigenvalue weighted by molar-refractivity contribution is 5.26. The van der Waals surface area contributed by atoms with Crippen LogP contribution in [0.4, 0.5) is 0 Å². The first-order valence-electron chi connectivity index (χ1n) is 6.58. The molecule has 0 aromatic heterocycles. The van der Waals surface area contributed by atoms with Crippen molar-refractivity contribution >= 4 is 0 Å². The topological polar surface area (TPSA) is 41.5 Å². The van der Waals surface area contributed by atoms with Gasteiger partial charge in [0.2, 0.25) is 0 Å². The molecule has 2 unspecified atom stereocenters. The number of hydrogen-bond acceptors (Lipinski definition) is 3. The summed E-state index contributed by atoms with van der Waals surface area (Å²) in [5, 5.41) is 12.8. The van der Waals surface area contributed by atoms with E-state index in [9.17, 15) is 5.11 Å². The van der Waals surface area contributed by atoms with Gasteiger partial charge in [0.15, 0.2) is 0 Å². The van der Waals surface area contributed by atoms with E-state index in [-0.39, 0.29) is 18.2 Å². The zero-order valence-corrected chi connectivity index (χ0v) is 11.9. The molecule has 1 aromatic carbocycles. The fraction of sp³-hybridized carbons (Fsp3) is 0.600. The van der Waals surface area contributed by atoms with E-state index >= 15 is 0 Å². The lowest BCUT2D eigenvalue weighted by atomic mass is 9.95. The van der Waals surface area contributed by atoms with Crippen molar-refractivity contribution in [2.45, 2.75) is 45.8 Å². The number of benzene rings is 1. The van der Waals surface area contributed by atoms with Crippen LogP contribution < -0.4 is 10.1 Å². The summed E-state index contributed by atoms with van der Waals surface area (Å²) >= 11 is 0. The summed E-state index contributed by atoms with van der Waals surface area (Å²) in [6.07, 6.45) is 0.828. The van der Waals surface area contributed by atoms with Gasteiger partial charge in [0.1, 0.15) is 5.75 Å². The Hall–Kier alpha value is -1.06. The standard InChI is InChI=1S/C15H25NO2/c1-5-16-15(4,11-17)10-13(3)18-14-8-6-12(2)7-9-14/h6-9,13,16-17H,5,10-11H2,1-4H3. The monoisotopic (exact) mass is 251 g/mol. The van der Waals surface area contributed by atoms with Gasteiger partial charge >= 0.3 is 0 Å². The SMILES string of the molecule is CCNC(C)(CO)CC(C)Oc1ccc(C)cc1. The molecule has 0 spiro atoms. The number of nitrogens with one attached hydrogen (secondary N) is 1. The van der Waals surface area contributed by atoms with Gasteiger partial charge in [-0.3, -0.25) is 0 Å². The smallest absolute Gasteiger partial charge is 0.119 e. The molecule has 1 rings (SSSR count). The Balaban J connectivity index is 2.54. The molecule has 0 saturated heterocycles. The Morgan fingerprint density at radius 2 is 1.94 bits per heavy atom. The van der Waals surface area contributed by atoms with Crippen LogP contribution in [-0.2, 0) is 0 Å². The molecule has 0 aliphatic carbocycles. The van der Waals surface area contributed by atoms with Crippen LogP contribution >= 0.6 is 0 Å². The molecule has 102 valence electrons. The third-order valence-corrected chi connectivity index (χ3v) is 3.05. The van der Waals surface area contributed by atoms with E-state index in [1.165, 1.54) is 5.56 Å². The number of hydrogen-bond donors (Lipinski definition) is 2. The molecule has 0 aliphatic heterocycles. The van der Waals surface area contributed by atoms with Gasteiger partial charge in [-0.25, -0.2) is 0 Å². The van der Waals surface area contributed by atoms with E-state index in [0.717, 1.165) is 18.7 Å². The van der Waals surface area contributed by atoms with Crippen LogP contribution in [0.15, 0.2) is 24.3 Å². The average Bonchev–Trinajstić information content (AvgIpc) is 2.32. The Morgan fingerprint density at radius 1 is 1.33 bits per heavy atom. The van der Waals surface area contributed by atoms with Gasteiger partial charge in [0, 0.05) is 12.0 Å². The molecular formula is C15H25NO2. The van der Waals surface area contributed by atoms with Crippen LogP contribution in [0.2, 0.25) is 0 Å². The Bertz CT molecular complexity index is 350. The lowest BCUT2D eigenvalue weighted by Crippen LogP contribution is -2.48. The zero-order valence-electron chi connectivity index (χ0n) is 11.9. The first kappa shape index (κ1) is 15.0. The molecule has 0 saturated carbocycles. The predicted octanol–water partition coefficient (Wildman–Crippen LogP) is 2.51. The summed E-state index contributed by atoms with van der Waals surface area (Å²) in [6, 6.07) is 8.04. The zero-order chi connectivity index (χ0) is 13.6. The summed E-state index contributed by atoms with van der Waals surface area (Å²) in [7, 11) is 0.